The maximum absolute atomic E-state index is 12.1. The monoisotopic (exact) mass is 277 g/mol. The summed E-state index contributed by atoms with van der Waals surface area (Å²) >= 11 is 0. The number of hydrogen-bond acceptors (Lipinski definition) is 5. The van der Waals surface area contributed by atoms with Crippen molar-refractivity contribution in [3.05, 3.63) is 30.1 Å². The van der Waals surface area contributed by atoms with Gasteiger partial charge < -0.3 is 15.0 Å². The summed E-state index contributed by atoms with van der Waals surface area (Å²) in [5, 5.41) is 4.02. The predicted molar refractivity (Wildman–Crippen MR) is 74.0 cm³/mol. The summed E-state index contributed by atoms with van der Waals surface area (Å²) in [5.74, 6) is 0.206. The van der Waals surface area contributed by atoms with Crippen molar-refractivity contribution in [1.29, 1.82) is 0 Å². The number of nitrogens with zero attached hydrogens (tertiary/aromatic N) is 4. The van der Waals surface area contributed by atoms with Gasteiger partial charge in [0.2, 0.25) is 0 Å². The van der Waals surface area contributed by atoms with Crippen LogP contribution in [0.3, 0.4) is 0 Å². The van der Waals surface area contributed by atoms with E-state index in [1.165, 1.54) is 6.33 Å². The lowest BCUT2D eigenvalue weighted by Gasteiger charge is -2.12. The van der Waals surface area contributed by atoms with E-state index in [9.17, 15) is 4.79 Å². The molecular formula is C13H19N5O2. The average Bonchev–Trinajstić information content (AvgIpc) is 3.01. The van der Waals surface area contributed by atoms with Crippen molar-refractivity contribution in [1.82, 2.24) is 19.3 Å². The topological polar surface area (TPSA) is 88.0 Å². The van der Waals surface area contributed by atoms with Crippen LogP contribution in [0.2, 0.25) is 0 Å². The molecular weight excluding hydrogens is 258 g/mol. The molecule has 0 aliphatic heterocycles. The number of aryl methyl sites for hydroxylation is 1. The van der Waals surface area contributed by atoms with E-state index in [1.807, 2.05) is 20.8 Å². The van der Waals surface area contributed by atoms with E-state index < -0.39 is 5.97 Å². The van der Waals surface area contributed by atoms with Gasteiger partial charge in [-0.15, -0.1) is 0 Å². The lowest BCUT2D eigenvalue weighted by atomic mass is 10.3. The first-order chi connectivity index (χ1) is 9.52. The number of anilines is 1. The SMILES string of the molecule is CCn1ncnc1COC(=O)c1cc(N)cn1C(C)C. The Balaban J connectivity index is 2.09. The molecule has 0 spiro atoms. The van der Waals surface area contributed by atoms with Gasteiger partial charge in [0.1, 0.15) is 12.0 Å². The summed E-state index contributed by atoms with van der Waals surface area (Å²) in [4.78, 5) is 16.2. The quantitative estimate of drug-likeness (QED) is 0.839. The molecule has 0 aliphatic rings. The van der Waals surface area contributed by atoms with Gasteiger partial charge in [-0.1, -0.05) is 0 Å². The normalized spacial score (nSPS) is 11.0. The molecule has 7 nitrogen and oxygen atoms in total. The zero-order chi connectivity index (χ0) is 14.7. The maximum Gasteiger partial charge on any atom is 0.355 e. The number of carbonyl (C=O) groups is 1. The van der Waals surface area contributed by atoms with Gasteiger partial charge in [0.25, 0.3) is 0 Å². The number of rotatable bonds is 5. The van der Waals surface area contributed by atoms with Crippen LogP contribution in [0.1, 0.15) is 43.1 Å². The first kappa shape index (κ1) is 14.1. The van der Waals surface area contributed by atoms with E-state index in [1.54, 1.807) is 21.5 Å². The largest absolute Gasteiger partial charge is 0.453 e. The molecule has 2 heterocycles. The molecule has 0 saturated carbocycles. The third-order valence-electron chi connectivity index (χ3n) is 2.96. The molecule has 108 valence electrons. The van der Waals surface area contributed by atoms with E-state index in [0.29, 0.717) is 23.8 Å². The molecule has 2 aromatic rings. The summed E-state index contributed by atoms with van der Waals surface area (Å²) in [6, 6.07) is 1.75. The Morgan fingerprint density at radius 3 is 2.90 bits per heavy atom. The summed E-state index contributed by atoms with van der Waals surface area (Å²) in [7, 11) is 0. The van der Waals surface area contributed by atoms with Gasteiger partial charge in [-0.2, -0.15) is 5.10 Å². The van der Waals surface area contributed by atoms with Crippen LogP contribution < -0.4 is 5.73 Å². The van der Waals surface area contributed by atoms with Crippen LogP contribution in [0, 0.1) is 0 Å². The molecule has 0 aromatic carbocycles. The maximum atomic E-state index is 12.1. The molecule has 0 amide bonds. The smallest absolute Gasteiger partial charge is 0.355 e. The number of hydrogen-bond donors (Lipinski definition) is 1. The molecule has 2 aromatic heterocycles. The molecule has 7 heteroatoms. The molecule has 2 rings (SSSR count). The minimum Gasteiger partial charge on any atom is -0.453 e. The number of nitrogen functional groups attached to an aromatic ring is 1. The standard InChI is InChI=1S/C13H19N5O2/c1-4-18-12(15-8-16-18)7-20-13(19)11-5-10(14)6-17(11)9(2)3/h5-6,8-9H,4,7,14H2,1-3H3. The molecule has 2 N–H and O–H groups in total. The van der Waals surface area contributed by atoms with Crippen LogP contribution >= 0.6 is 0 Å². The third-order valence-corrected chi connectivity index (χ3v) is 2.96. The van der Waals surface area contributed by atoms with Crippen molar-refractivity contribution in [2.24, 2.45) is 0 Å². The van der Waals surface area contributed by atoms with Crippen molar-refractivity contribution in [3.63, 3.8) is 0 Å². The Bertz CT molecular complexity index is 600. The van der Waals surface area contributed by atoms with Crippen LogP contribution in [-0.2, 0) is 17.9 Å². The molecule has 0 radical (unpaired) electrons. The van der Waals surface area contributed by atoms with Gasteiger partial charge in [-0.05, 0) is 26.8 Å². The second-order valence-corrected chi connectivity index (χ2v) is 4.73. The van der Waals surface area contributed by atoms with E-state index in [-0.39, 0.29) is 12.6 Å². The first-order valence-electron chi connectivity index (χ1n) is 6.54. The lowest BCUT2D eigenvalue weighted by molar-refractivity contribution is 0.0442. The van der Waals surface area contributed by atoms with E-state index in [0.717, 1.165) is 0 Å². The third kappa shape index (κ3) is 2.81. The van der Waals surface area contributed by atoms with E-state index in [2.05, 4.69) is 10.1 Å². The number of aromatic nitrogens is 4. The second-order valence-electron chi connectivity index (χ2n) is 4.73. The van der Waals surface area contributed by atoms with Gasteiger partial charge in [0.05, 0.1) is 5.69 Å². The zero-order valence-corrected chi connectivity index (χ0v) is 11.9. The predicted octanol–water partition coefficient (Wildman–Crippen LogP) is 1.62. The number of carbonyl (C=O) groups excluding carboxylic acids is 1. The highest BCUT2D eigenvalue weighted by Gasteiger charge is 2.17. The average molecular weight is 277 g/mol. The summed E-state index contributed by atoms with van der Waals surface area (Å²) < 4.78 is 8.76. The highest BCUT2D eigenvalue weighted by atomic mass is 16.5. The summed E-state index contributed by atoms with van der Waals surface area (Å²) in [5.41, 5.74) is 6.72. The van der Waals surface area contributed by atoms with Crippen LogP contribution in [0.15, 0.2) is 18.6 Å². The van der Waals surface area contributed by atoms with Crippen LogP contribution in [-0.4, -0.2) is 25.3 Å². The fourth-order valence-corrected chi connectivity index (χ4v) is 1.96. The minimum absolute atomic E-state index is 0.0931. The van der Waals surface area contributed by atoms with Crippen molar-refractivity contribution >= 4 is 11.7 Å². The van der Waals surface area contributed by atoms with Crippen molar-refractivity contribution in [2.45, 2.75) is 40.0 Å². The molecule has 0 bridgehead atoms. The lowest BCUT2D eigenvalue weighted by Crippen LogP contribution is -2.15. The molecule has 0 aliphatic carbocycles. The van der Waals surface area contributed by atoms with Crippen molar-refractivity contribution in [3.8, 4) is 0 Å². The fraction of sp³-hybridized carbons (Fsp3) is 0.462. The number of nitrogens with two attached hydrogens (primary N) is 1. The molecule has 0 saturated heterocycles. The second kappa shape index (κ2) is 5.77. The highest BCUT2D eigenvalue weighted by Crippen LogP contribution is 2.17. The van der Waals surface area contributed by atoms with Gasteiger partial charge >= 0.3 is 5.97 Å². The first-order valence-corrected chi connectivity index (χ1v) is 6.54. The fourth-order valence-electron chi connectivity index (χ4n) is 1.96. The molecule has 0 fully saturated rings. The Morgan fingerprint density at radius 2 is 2.25 bits per heavy atom. The zero-order valence-electron chi connectivity index (χ0n) is 11.9. The Kier molecular flexibility index (Phi) is 4.07. The molecule has 0 unspecified atom stereocenters. The van der Waals surface area contributed by atoms with E-state index >= 15 is 0 Å². The minimum atomic E-state index is -0.416. The van der Waals surface area contributed by atoms with Crippen LogP contribution in [0.5, 0.6) is 0 Å². The van der Waals surface area contributed by atoms with Crippen molar-refractivity contribution in [2.75, 3.05) is 5.73 Å². The number of ether oxygens (including phenoxy) is 1. The van der Waals surface area contributed by atoms with Crippen molar-refractivity contribution < 1.29 is 9.53 Å². The van der Waals surface area contributed by atoms with Gasteiger partial charge in [-0.25, -0.2) is 14.5 Å². The Labute approximate surface area is 117 Å². The molecule has 20 heavy (non-hydrogen) atoms. The van der Waals surface area contributed by atoms with Crippen LogP contribution in [0.4, 0.5) is 5.69 Å². The van der Waals surface area contributed by atoms with Crippen LogP contribution in [0.25, 0.3) is 0 Å². The van der Waals surface area contributed by atoms with Gasteiger partial charge in [0.15, 0.2) is 12.4 Å². The molecule has 0 atom stereocenters. The van der Waals surface area contributed by atoms with Gasteiger partial charge in [0, 0.05) is 18.8 Å². The summed E-state index contributed by atoms with van der Waals surface area (Å²) in [6.07, 6.45) is 3.18. The summed E-state index contributed by atoms with van der Waals surface area (Å²) in [6.45, 7) is 6.68. The Hall–Kier alpha value is -2.31. The number of esters is 1. The van der Waals surface area contributed by atoms with Gasteiger partial charge in [-0.3, -0.25) is 0 Å². The Morgan fingerprint density at radius 1 is 1.50 bits per heavy atom. The highest BCUT2D eigenvalue weighted by molar-refractivity contribution is 5.89. The van der Waals surface area contributed by atoms with E-state index in [4.69, 9.17) is 10.5 Å².